The molecule has 0 fully saturated rings. The second-order valence-corrected chi connectivity index (χ2v) is 21.4. The predicted octanol–water partition coefficient (Wildman–Crippen LogP) is 18.9. The Morgan fingerprint density at radius 1 is 0.211 bits per heavy atom. The molecule has 0 heterocycles. The van der Waals surface area contributed by atoms with Crippen molar-refractivity contribution in [3.8, 4) is 46.0 Å². The zero-order valence-corrected chi connectivity index (χ0v) is 49.3. The number of hydrogen-bond donors (Lipinski definition) is 0. The lowest BCUT2D eigenvalue weighted by atomic mass is 9.90. The molecule has 0 unspecified atom stereocenters. The Bertz CT molecular complexity index is 1810. The fourth-order valence-electron chi connectivity index (χ4n) is 10.1. The van der Waals surface area contributed by atoms with E-state index in [2.05, 4.69) is 104 Å². The lowest BCUT2D eigenvalue weighted by Gasteiger charge is -2.25. The smallest absolute Gasteiger partial charge is 0.126 e. The van der Waals surface area contributed by atoms with E-state index < -0.39 is 0 Å². The Balaban J connectivity index is 1.91. The van der Waals surface area contributed by atoms with Crippen molar-refractivity contribution < 1.29 is 37.9 Å². The van der Waals surface area contributed by atoms with E-state index in [4.69, 9.17) is 37.9 Å². The highest BCUT2D eigenvalue weighted by atomic mass is 16.5. The third kappa shape index (κ3) is 21.3. The van der Waals surface area contributed by atoms with Gasteiger partial charge in [-0.2, -0.15) is 0 Å². The van der Waals surface area contributed by atoms with Gasteiger partial charge in [-0.05, 0) is 99.9 Å². The minimum atomic E-state index is 0.572. The van der Waals surface area contributed by atoms with E-state index in [0.29, 0.717) is 78.5 Å². The highest BCUT2D eigenvalue weighted by molar-refractivity contribution is 5.60. The summed E-state index contributed by atoms with van der Waals surface area (Å²) in [5, 5.41) is 0. The first kappa shape index (κ1) is 62.1. The van der Waals surface area contributed by atoms with Crippen molar-refractivity contribution in [2.24, 2.45) is 0 Å². The van der Waals surface area contributed by atoms with Crippen LogP contribution in [0, 0.1) is 0 Å². The van der Waals surface area contributed by atoms with Crippen LogP contribution in [0.5, 0.6) is 46.0 Å². The average molecular weight is 1050 g/mol. The number of unbranched alkanes of at least 4 members (excludes halogenated alkanes) is 16. The molecule has 4 aromatic carbocycles. The van der Waals surface area contributed by atoms with Gasteiger partial charge in [0.25, 0.3) is 0 Å². The van der Waals surface area contributed by atoms with Crippen LogP contribution >= 0.6 is 0 Å². The molecule has 0 N–H and O–H groups in total. The molecule has 1 aliphatic carbocycles. The van der Waals surface area contributed by atoms with E-state index in [0.717, 1.165) is 245 Å². The molecule has 1 aliphatic rings. The van der Waals surface area contributed by atoms with Crippen LogP contribution in [0.3, 0.4) is 0 Å². The Morgan fingerprint density at radius 3 is 0.500 bits per heavy atom. The van der Waals surface area contributed by atoms with Gasteiger partial charge >= 0.3 is 0 Å². The largest absolute Gasteiger partial charge is 0.494 e. The molecule has 4 aromatic rings. The molecule has 0 aliphatic heterocycles. The van der Waals surface area contributed by atoms with Crippen molar-refractivity contribution in [2.75, 3.05) is 52.9 Å². The van der Waals surface area contributed by atoms with Crippen LogP contribution in [0.25, 0.3) is 0 Å². The van der Waals surface area contributed by atoms with Crippen LogP contribution < -0.4 is 37.9 Å². The Morgan fingerprint density at radius 2 is 0.355 bits per heavy atom. The summed E-state index contributed by atoms with van der Waals surface area (Å²) < 4.78 is 55.7. The second kappa shape index (κ2) is 37.2. The first-order chi connectivity index (χ1) is 37.4. The summed E-state index contributed by atoms with van der Waals surface area (Å²) in [4.78, 5) is 0. The first-order valence-electron chi connectivity index (χ1n) is 31.0. The molecule has 0 spiro atoms. The molecular formula is C68H104O8. The van der Waals surface area contributed by atoms with Gasteiger partial charge in [0.2, 0.25) is 0 Å². The van der Waals surface area contributed by atoms with E-state index in [1.165, 1.54) is 0 Å². The molecule has 0 aromatic heterocycles. The van der Waals surface area contributed by atoms with Crippen LogP contribution in [0.15, 0.2) is 48.5 Å². The molecule has 8 heteroatoms. The topological polar surface area (TPSA) is 73.8 Å². The van der Waals surface area contributed by atoms with E-state index in [1.54, 1.807) is 0 Å². The van der Waals surface area contributed by atoms with E-state index in [-0.39, 0.29) is 0 Å². The van der Waals surface area contributed by atoms with Crippen molar-refractivity contribution in [1.82, 2.24) is 0 Å². The minimum absolute atomic E-state index is 0.572. The van der Waals surface area contributed by atoms with Crippen molar-refractivity contribution >= 4 is 0 Å². The molecule has 0 amide bonds. The van der Waals surface area contributed by atoms with Gasteiger partial charge in [-0.15, -0.1) is 0 Å². The summed E-state index contributed by atoms with van der Waals surface area (Å²) in [6, 6.07) is 18.0. The number of rotatable bonds is 40. The van der Waals surface area contributed by atoms with Gasteiger partial charge < -0.3 is 37.9 Å². The number of hydrogen-bond acceptors (Lipinski definition) is 8. The third-order valence-corrected chi connectivity index (χ3v) is 14.4. The third-order valence-electron chi connectivity index (χ3n) is 14.4. The maximum Gasteiger partial charge on any atom is 0.126 e. The Hall–Kier alpha value is -4.72. The average Bonchev–Trinajstić information content (AvgIpc) is 3.42. The van der Waals surface area contributed by atoms with Crippen LogP contribution in [0.2, 0.25) is 0 Å². The molecule has 5 rings (SSSR count). The van der Waals surface area contributed by atoms with Gasteiger partial charge in [0.05, 0.1) is 52.9 Å². The number of ether oxygens (including phenoxy) is 8. The maximum absolute atomic E-state index is 7.14. The van der Waals surface area contributed by atoms with Gasteiger partial charge in [0.1, 0.15) is 46.0 Å². The number of benzene rings is 4. The second-order valence-electron chi connectivity index (χ2n) is 21.4. The molecule has 0 radical (unpaired) electrons. The zero-order valence-electron chi connectivity index (χ0n) is 49.3. The summed E-state index contributed by atoms with van der Waals surface area (Å²) in [6.45, 7) is 23.1. The predicted molar refractivity (Wildman–Crippen MR) is 317 cm³/mol. The number of fused-ring (bicyclic) bond motifs is 8. The highest BCUT2D eigenvalue weighted by Gasteiger charge is 2.26. The van der Waals surface area contributed by atoms with Gasteiger partial charge in [0, 0.05) is 70.2 Å². The molecule has 0 atom stereocenters. The summed E-state index contributed by atoms with van der Waals surface area (Å²) in [5.41, 5.74) is 8.68. The molecule has 424 valence electrons. The Kier molecular flexibility index (Phi) is 30.4. The van der Waals surface area contributed by atoms with Crippen LogP contribution in [0.1, 0.15) is 254 Å². The van der Waals surface area contributed by atoms with Gasteiger partial charge in [-0.25, -0.2) is 0 Å². The fraction of sp³-hybridized carbons (Fsp3) is 0.647. The van der Waals surface area contributed by atoms with Gasteiger partial charge in [0.15, 0.2) is 0 Å². The maximum atomic E-state index is 7.14. The van der Waals surface area contributed by atoms with Crippen molar-refractivity contribution in [3.63, 3.8) is 0 Å². The quantitative estimate of drug-likeness (QED) is 0.0359. The fourth-order valence-corrected chi connectivity index (χ4v) is 10.1. The SMILES string of the molecule is CCCCCOc1cc2c(OCCCCC)c(c1)Cc1cc(OCCCCC)cc(c1OCCCCC)Cc1cc(OCCCCC)cc(c1OCCCCC)Cc1cc(OCCCCC)cc(c1OCCCCC)C2. The van der Waals surface area contributed by atoms with Crippen LogP contribution in [-0.2, 0) is 25.7 Å². The standard InChI is InChI=1S/C68H104O8/c1-9-17-25-33-69-61-45-53-41-55-47-62(70-34-26-18-10-2)49-57(66(55)74-38-30-22-14-6)43-59-51-64(72-36-28-20-12-4)52-60(68(59)76-40-32-24-16-8)44-58-50-63(71-35-27-19-11-3)48-56(67(58)75-39-31-23-15-7)42-54(46-61)65(53)73-37-29-21-13-5/h45-52H,9-44H2,1-8H3. The van der Waals surface area contributed by atoms with Crippen LogP contribution in [-0.4, -0.2) is 52.9 Å². The molecular weight excluding hydrogens is 945 g/mol. The molecule has 76 heavy (non-hydrogen) atoms. The van der Waals surface area contributed by atoms with Gasteiger partial charge in [-0.3, -0.25) is 0 Å². The summed E-state index contributed by atoms with van der Waals surface area (Å²) in [7, 11) is 0. The van der Waals surface area contributed by atoms with Crippen molar-refractivity contribution in [1.29, 1.82) is 0 Å². The van der Waals surface area contributed by atoms with Crippen LogP contribution in [0.4, 0.5) is 0 Å². The molecule has 8 bridgehead atoms. The van der Waals surface area contributed by atoms with Crippen molar-refractivity contribution in [2.45, 2.75) is 235 Å². The monoisotopic (exact) mass is 1050 g/mol. The minimum Gasteiger partial charge on any atom is -0.494 e. The van der Waals surface area contributed by atoms with Crippen molar-refractivity contribution in [3.05, 3.63) is 93.0 Å². The van der Waals surface area contributed by atoms with E-state index in [1.807, 2.05) is 0 Å². The summed E-state index contributed by atoms with van der Waals surface area (Å²) in [6.07, 6.45) is 28.1. The molecule has 8 nitrogen and oxygen atoms in total. The first-order valence-corrected chi connectivity index (χ1v) is 31.0. The lowest BCUT2D eigenvalue weighted by molar-refractivity contribution is 0.287. The highest BCUT2D eigenvalue weighted by Crippen LogP contribution is 2.44. The Labute approximate surface area is 463 Å². The summed E-state index contributed by atoms with van der Waals surface area (Å²) >= 11 is 0. The molecule has 0 saturated carbocycles. The zero-order chi connectivity index (χ0) is 54.0. The van der Waals surface area contributed by atoms with Gasteiger partial charge in [-0.1, -0.05) is 158 Å². The van der Waals surface area contributed by atoms with E-state index in [9.17, 15) is 0 Å². The van der Waals surface area contributed by atoms with E-state index >= 15 is 0 Å². The lowest BCUT2D eigenvalue weighted by Crippen LogP contribution is -2.12. The normalized spacial score (nSPS) is 12.1. The molecule has 0 saturated heterocycles. The summed E-state index contributed by atoms with van der Waals surface area (Å²) in [5.74, 6) is 7.14.